The summed E-state index contributed by atoms with van der Waals surface area (Å²) >= 11 is 0. The normalized spacial score (nSPS) is 18.3. The van der Waals surface area contributed by atoms with E-state index in [4.69, 9.17) is 4.74 Å². The molecule has 3 rings (SSSR count). The van der Waals surface area contributed by atoms with Gasteiger partial charge in [0.2, 0.25) is 0 Å². The summed E-state index contributed by atoms with van der Waals surface area (Å²) in [4.78, 5) is 4.45. The van der Waals surface area contributed by atoms with E-state index in [0.717, 1.165) is 24.3 Å². The number of nitrogens with zero attached hydrogens (tertiary/aromatic N) is 1. The Morgan fingerprint density at radius 1 is 1.00 bits per heavy atom. The van der Waals surface area contributed by atoms with Gasteiger partial charge in [-0.05, 0) is 36.6 Å². The fourth-order valence-corrected chi connectivity index (χ4v) is 2.13. The second kappa shape index (κ2) is 5.05. The first-order valence-corrected chi connectivity index (χ1v) is 6.25. The lowest BCUT2D eigenvalue weighted by atomic mass is 10.0. The first kappa shape index (κ1) is 11.0. The first-order valence-electron chi connectivity index (χ1n) is 6.25. The molecule has 0 bridgehead atoms. The number of aryl methyl sites for hydroxylation is 1. The van der Waals surface area contributed by atoms with Crippen LogP contribution < -0.4 is 4.74 Å². The summed E-state index contributed by atoms with van der Waals surface area (Å²) < 4.78 is 5.90. The molecule has 2 heteroatoms. The molecule has 2 nitrogen and oxygen atoms in total. The van der Waals surface area contributed by atoms with Crippen molar-refractivity contribution in [1.29, 1.82) is 0 Å². The number of fused-ring (bicyclic) bond motifs is 1. The Labute approximate surface area is 107 Å². The van der Waals surface area contributed by atoms with E-state index in [2.05, 4.69) is 17.1 Å². The number of rotatable bonds is 2. The summed E-state index contributed by atoms with van der Waals surface area (Å²) in [6.07, 6.45) is 4.04. The molecule has 0 saturated carbocycles. The molecule has 0 aromatic heterocycles. The van der Waals surface area contributed by atoms with Crippen molar-refractivity contribution in [3.05, 3.63) is 60.2 Å². The number of benzene rings is 2. The van der Waals surface area contributed by atoms with Crippen LogP contribution in [0.4, 0.5) is 5.69 Å². The average molecular weight is 237 g/mol. The molecular weight excluding hydrogens is 222 g/mol. The highest BCUT2D eigenvalue weighted by Gasteiger charge is 2.17. The van der Waals surface area contributed by atoms with Gasteiger partial charge in [-0.25, -0.2) is 0 Å². The fourth-order valence-electron chi connectivity index (χ4n) is 2.13. The van der Waals surface area contributed by atoms with Crippen LogP contribution >= 0.6 is 0 Å². The van der Waals surface area contributed by atoms with Crippen molar-refractivity contribution >= 4 is 11.9 Å². The molecule has 18 heavy (non-hydrogen) atoms. The van der Waals surface area contributed by atoms with Gasteiger partial charge in [0.15, 0.2) is 0 Å². The molecule has 1 aliphatic heterocycles. The van der Waals surface area contributed by atoms with Crippen LogP contribution in [0.2, 0.25) is 0 Å². The molecule has 0 aliphatic carbocycles. The molecule has 2 aromatic carbocycles. The van der Waals surface area contributed by atoms with E-state index < -0.39 is 0 Å². The lowest BCUT2D eigenvalue weighted by Gasteiger charge is -2.23. The first-order chi connectivity index (χ1) is 8.92. The Kier molecular flexibility index (Phi) is 3.09. The van der Waals surface area contributed by atoms with E-state index in [1.165, 1.54) is 5.56 Å². The van der Waals surface area contributed by atoms with Crippen LogP contribution in [0, 0.1) is 0 Å². The van der Waals surface area contributed by atoms with Crippen LogP contribution in [0.5, 0.6) is 5.75 Å². The predicted molar refractivity (Wildman–Crippen MR) is 73.8 cm³/mol. The number of hydrogen-bond donors (Lipinski definition) is 0. The van der Waals surface area contributed by atoms with Crippen molar-refractivity contribution in [3.63, 3.8) is 0 Å². The zero-order valence-electron chi connectivity index (χ0n) is 10.1. The minimum atomic E-state index is 0.0834. The fraction of sp³-hybridized carbons (Fsp3) is 0.188. The quantitative estimate of drug-likeness (QED) is 0.728. The molecule has 0 fully saturated rings. The van der Waals surface area contributed by atoms with Crippen LogP contribution in [-0.4, -0.2) is 12.3 Å². The number of para-hydroxylation sites is 2. The van der Waals surface area contributed by atoms with Gasteiger partial charge in [0.1, 0.15) is 11.9 Å². The van der Waals surface area contributed by atoms with Crippen molar-refractivity contribution in [3.8, 4) is 5.75 Å². The van der Waals surface area contributed by atoms with Gasteiger partial charge in [0, 0.05) is 6.21 Å². The van der Waals surface area contributed by atoms with Gasteiger partial charge >= 0.3 is 0 Å². The molecule has 1 heterocycles. The summed E-state index contributed by atoms with van der Waals surface area (Å²) in [6, 6.07) is 18.2. The van der Waals surface area contributed by atoms with E-state index >= 15 is 0 Å². The monoisotopic (exact) mass is 237 g/mol. The maximum Gasteiger partial charge on any atom is 0.134 e. The van der Waals surface area contributed by atoms with Crippen molar-refractivity contribution in [2.24, 2.45) is 4.99 Å². The molecular formula is C16H15NO. The summed E-state index contributed by atoms with van der Waals surface area (Å²) in [5, 5.41) is 0. The van der Waals surface area contributed by atoms with E-state index in [-0.39, 0.29) is 6.10 Å². The number of ether oxygens (including phenoxy) is 1. The average Bonchev–Trinajstić information content (AvgIpc) is 2.46. The third kappa shape index (κ3) is 2.43. The van der Waals surface area contributed by atoms with Gasteiger partial charge in [-0.2, -0.15) is 0 Å². The zero-order chi connectivity index (χ0) is 12.2. The topological polar surface area (TPSA) is 21.6 Å². The second-order valence-electron chi connectivity index (χ2n) is 4.42. The molecule has 0 radical (unpaired) electrons. The molecule has 1 unspecified atom stereocenters. The Hall–Kier alpha value is -2.09. The van der Waals surface area contributed by atoms with Crippen LogP contribution in [-0.2, 0) is 6.42 Å². The van der Waals surface area contributed by atoms with E-state index in [9.17, 15) is 0 Å². The highest BCUT2D eigenvalue weighted by atomic mass is 16.5. The van der Waals surface area contributed by atoms with Gasteiger partial charge in [-0.15, -0.1) is 0 Å². The number of hydrogen-bond acceptors (Lipinski definition) is 2. The second-order valence-corrected chi connectivity index (χ2v) is 4.42. The molecule has 2 aromatic rings. The van der Waals surface area contributed by atoms with Crippen LogP contribution in [0.15, 0.2) is 59.6 Å². The summed E-state index contributed by atoms with van der Waals surface area (Å²) in [5.74, 6) is 0.994. The molecule has 0 spiro atoms. The highest BCUT2D eigenvalue weighted by molar-refractivity contribution is 5.68. The zero-order valence-corrected chi connectivity index (χ0v) is 10.1. The van der Waals surface area contributed by atoms with Crippen molar-refractivity contribution in [2.45, 2.75) is 18.9 Å². The van der Waals surface area contributed by atoms with Crippen molar-refractivity contribution in [2.75, 3.05) is 0 Å². The number of aliphatic imine (C=N–C) groups is 1. The highest BCUT2D eigenvalue weighted by Crippen LogP contribution is 2.26. The molecule has 90 valence electrons. The maximum absolute atomic E-state index is 5.90. The lowest BCUT2D eigenvalue weighted by Crippen LogP contribution is -2.23. The minimum absolute atomic E-state index is 0.0834. The summed E-state index contributed by atoms with van der Waals surface area (Å²) in [6.45, 7) is 0. The molecule has 0 amide bonds. The van der Waals surface area contributed by atoms with Crippen molar-refractivity contribution in [1.82, 2.24) is 0 Å². The van der Waals surface area contributed by atoms with E-state index in [1.54, 1.807) is 0 Å². The largest absolute Gasteiger partial charge is 0.484 e. The Morgan fingerprint density at radius 2 is 1.78 bits per heavy atom. The van der Waals surface area contributed by atoms with E-state index in [1.807, 2.05) is 48.7 Å². The van der Waals surface area contributed by atoms with Gasteiger partial charge in [0.05, 0.1) is 5.69 Å². The minimum Gasteiger partial charge on any atom is -0.484 e. The van der Waals surface area contributed by atoms with Gasteiger partial charge < -0.3 is 4.74 Å². The molecule has 1 atom stereocenters. The van der Waals surface area contributed by atoms with Gasteiger partial charge in [0.25, 0.3) is 0 Å². The Balaban J connectivity index is 1.72. The smallest absolute Gasteiger partial charge is 0.134 e. The van der Waals surface area contributed by atoms with Gasteiger partial charge in [-0.3, -0.25) is 4.99 Å². The van der Waals surface area contributed by atoms with E-state index in [0.29, 0.717) is 0 Å². The third-order valence-electron chi connectivity index (χ3n) is 3.10. The Morgan fingerprint density at radius 3 is 2.67 bits per heavy atom. The SMILES string of the molecule is C(=Nc1ccccc1)C1CCc2ccccc2O1. The van der Waals surface area contributed by atoms with Crippen LogP contribution in [0.3, 0.4) is 0 Å². The van der Waals surface area contributed by atoms with Gasteiger partial charge in [-0.1, -0.05) is 36.4 Å². The molecule has 0 saturated heterocycles. The summed E-state index contributed by atoms with van der Waals surface area (Å²) in [7, 11) is 0. The maximum atomic E-state index is 5.90. The van der Waals surface area contributed by atoms with Crippen molar-refractivity contribution < 1.29 is 4.74 Å². The predicted octanol–water partition coefficient (Wildman–Crippen LogP) is 3.78. The standard InChI is InChI=1S/C16H15NO/c1-2-7-14(8-3-1)17-12-15-11-10-13-6-4-5-9-16(13)18-15/h1-9,12,15H,10-11H2. The Bertz CT molecular complexity index is 548. The molecule has 1 aliphatic rings. The lowest BCUT2D eigenvalue weighted by molar-refractivity contribution is 0.240. The summed E-state index contributed by atoms with van der Waals surface area (Å²) in [5.41, 5.74) is 2.27. The van der Waals surface area contributed by atoms with Crippen LogP contribution in [0.1, 0.15) is 12.0 Å². The van der Waals surface area contributed by atoms with Crippen LogP contribution in [0.25, 0.3) is 0 Å². The molecule has 0 N–H and O–H groups in total. The third-order valence-corrected chi connectivity index (χ3v) is 3.10.